The molecule has 2 aromatic rings. The number of carbonyl (C=O) groups excluding carboxylic acids is 1. The van der Waals surface area contributed by atoms with E-state index in [1.54, 1.807) is 13.0 Å². The molecule has 1 saturated carbocycles. The van der Waals surface area contributed by atoms with E-state index in [4.69, 9.17) is 28.6 Å². The number of rotatable bonds is 5. The van der Waals surface area contributed by atoms with Crippen molar-refractivity contribution in [1.82, 2.24) is 5.32 Å². The number of hydrogen-bond donors (Lipinski definition) is 2. The molecular weight excluding hydrogens is 392 g/mol. The van der Waals surface area contributed by atoms with E-state index >= 15 is 0 Å². The minimum Gasteiger partial charge on any atom is -0.462 e. The van der Waals surface area contributed by atoms with Crippen LogP contribution >= 0.6 is 23.8 Å². The fourth-order valence-corrected chi connectivity index (χ4v) is 4.43. The Labute approximate surface area is 176 Å². The van der Waals surface area contributed by atoms with Crippen LogP contribution < -0.4 is 10.6 Å². The van der Waals surface area contributed by atoms with Crippen LogP contribution in [0.1, 0.15) is 54.1 Å². The molecule has 1 fully saturated rings. The molecule has 2 aromatic carbocycles. The van der Waals surface area contributed by atoms with Crippen LogP contribution in [0.2, 0.25) is 5.02 Å². The van der Waals surface area contributed by atoms with Crippen LogP contribution in [-0.4, -0.2) is 17.7 Å². The highest BCUT2D eigenvalue weighted by Crippen LogP contribution is 2.41. The molecule has 6 heteroatoms. The third-order valence-corrected chi connectivity index (χ3v) is 5.72. The highest BCUT2D eigenvalue weighted by Gasteiger charge is 2.37. The quantitative estimate of drug-likeness (QED) is 0.492. The lowest BCUT2D eigenvalue weighted by Gasteiger charge is -2.33. The second-order valence-corrected chi connectivity index (χ2v) is 7.91. The van der Waals surface area contributed by atoms with E-state index in [1.807, 2.05) is 37.3 Å². The molecule has 4 nitrogen and oxygen atoms in total. The summed E-state index contributed by atoms with van der Waals surface area (Å²) in [5.41, 5.74) is 3.16. The van der Waals surface area contributed by atoms with Crippen molar-refractivity contribution in [2.45, 2.75) is 45.1 Å². The maximum Gasteiger partial charge on any atom is 0.338 e. The Hall–Kier alpha value is -2.11. The summed E-state index contributed by atoms with van der Waals surface area (Å²) >= 11 is 12.1. The standard InChI is InChI=1S/C22H25ClN2O2S/c1-3-27-20(26)16-10-11-19(15(2)14-16)24-21(28)25-22(12-6-7-13-22)17-8-4-5-9-18(17)23/h4-5,8-11,14H,3,6-7,12-13H2,1-2H3,(H2,24,25,28). The predicted octanol–water partition coefficient (Wildman–Crippen LogP) is 5.58. The van der Waals surface area contributed by atoms with Gasteiger partial charge in [-0.2, -0.15) is 0 Å². The number of aryl methyl sites for hydroxylation is 1. The first kappa shape index (κ1) is 20.6. The SMILES string of the molecule is CCOC(=O)c1ccc(NC(=S)NC2(c3ccccc3Cl)CCCC2)c(C)c1. The third kappa shape index (κ3) is 4.47. The van der Waals surface area contributed by atoms with Crippen LogP contribution in [0, 0.1) is 6.92 Å². The van der Waals surface area contributed by atoms with E-state index in [2.05, 4.69) is 16.7 Å². The normalized spacial score (nSPS) is 15.1. The average molecular weight is 417 g/mol. The van der Waals surface area contributed by atoms with E-state index < -0.39 is 0 Å². The van der Waals surface area contributed by atoms with Crippen LogP contribution in [0.25, 0.3) is 0 Å². The van der Waals surface area contributed by atoms with E-state index in [-0.39, 0.29) is 11.5 Å². The van der Waals surface area contributed by atoms with Gasteiger partial charge in [0.25, 0.3) is 0 Å². The highest BCUT2D eigenvalue weighted by molar-refractivity contribution is 7.80. The number of esters is 1. The van der Waals surface area contributed by atoms with Gasteiger partial charge in [0, 0.05) is 10.7 Å². The fourth-order valence-electron chi connectivity index (χ4n) is 3.81. The van der Waals surface area contributed by atoms with E-state index in [9.17, 15) is 4.79 Å². The summed E-state index contributed by atoms with van der Waals surface area (Å²) < 4.78 is 5.06. The predicted molar refractivity (Wildman–Crippen MR) is 118 cm³/mol. The van der Waals surface area contributed by atoms with Gasteiger partial charge in [-0.3, -0.25) is 0 Å². The zero-order chi connectivity index (χ0) is 20.1. The fraction of sp³-hybridized carbons (Fsp3) is 0.364. The molecule has 1 aliphatic carbocycles. The van der Waals surface area contributed by atoms with Gasteiger partial charge in [0.15, 0.2) is 5.11 Å². The molecule has 2 N–H and O–H groups in total. The number of halogens is 1. The number of carbonyl (C=O) groups is 1. The monoisotopic (exact) mass is 416 g/mol. The minimum atomic E-state index is -0.318. The van der Waals surface area contributed by atoms with Crippen molar-refractivity contribution in [1.29, 1.82) is 0 Å². The molecule has 0 heterocycles. The summed E-state index contributed by atoms with van der Waals surface area (Å²) in [6.07, 6.45) is 4.24. The van der Waals surface area contributed by atoms with E-state index in [0.29, 0.717) is 17.3 Å². The van der Waals surface area contributed by atoms with Crippen molar-refractivity contribution in [3.05, 3.63) is 64.2 Å². The first-order valence-corrected chi connectivity index (χ1v) is 10.4. The van der Waals surface area contributed by atoms with Crippen LogP contribution in [0.5, 0.6) is 0 Å². The smallest absolute Gasteiger partial charge is 0.338 e. The van der Waals surface area contributed by atoms with E-state index in [1.165, 1.54) is 0 Å². The molecule has 0 atom stereocenters. The lowest BCUT2D eigenvalue weighted by Crippen LogP contribution is -2.46. The number of hydrogen-bond acceptors (Lipinski definition) is 3. The van der Waals surface area contributed by atoms with Gasteiger partial charge in [0.1, 0.15) is 0 Å². The molecule has 0 amide bonds. The molecule has 0 aromatic heterocycles. The number of benzene rings is 2. The Morgan fingerprint density at radius 3 is 2.57 bits per heavy atom. The first-order chi connectivity index (χ1) is 13.4. The van der Waals surface area contributed by atoms with Crippen molar-refractivity contribution < 1.29 is 9.53 Å². The molecule has 0 unspecified atom stereocenters. The Morgan fingerprint density at radius 1 is 1.21 bits per heavy atom. The first-order valence-electron chi connectivity index (χ1n) is 9.57. The lowest BCUT2D eigenvalue weighted by atomic mass is 9.88. The number of nitrogens with one attached hydrogen (secondary N) is 2. The molecular formula is C22H25ClN2O2S. The summed E-state index contributed by atoms with van der Waals surface area (Å²) in [6, 6.07) is 13.4. The maximum atomic E-state index is 11.9. The van der Waals surface area contributed by atoms with Gasteiger partial charge >= 0.3 is 5.97 Å². The molecule has 3 rings (SSSR count). The summed E-state index contributed by atoms with van der Waals surface area (Å²) in [5, 5.41) is 8.11. The summed E-state index contributed by atoms with van der Waals surface area (Å²) in [7, 11) is 0. The number of ether oxygens (including phenoxy) is 1. The van der Waals surface area contributed by atoms with E-state index in [0.717, 1.165) is 47.5 Å². The van der Waals surface area contributed by atoms with Gasteiger partial charge in [0.2, 0.25) is 0 Å². The zero-order valence-electron chi connectivity index (χ0n) is 16.2. The highest BCUT2D eigenvalue weighted by atomic mass is 35.5. The van der Waals surface area contributed by atoms with Crippen molar-refractivity contribution in [3.8, 4) is 0 Å². The number of thiocarbonyl (C=S) groups is 1. The number of anilines is 1. The van der Waals surface area contributed by atoms with Gasteiger partial charge in [-0.1, -0.05) is 42.6 Å². The van der Waals surface area contributed by atoms with Crippen LogP contribution in [0.15, 0.2) is 42.5 Å². The largest absolute Gasteiger partial charge is 0.462 e. The Balaban J connectivity index is 1.76. The summed E-state index contributed by atoms with van der Waals surface area (Å²) in [4.78, 5) is 11.9. The Kier molecular flexibility index (Phi) is 6.57. The van der Waals surface area contributed by atoms with Crippen molar-refractivity contribution in [2.75, 3.05) is 11.9 Å². The second kappa shape index (κ2) is 8.93. The van der Waals surface area contributed by atoms with Crippen molar-refractivity contribution >= 4 is 40.6 Å². The van der Waals surface area contributed by atoms with Gasteiger partial charge < -0.3 is 15.4 Å². The molecule has 0 saturated heterocycles. The van der Waals surface area contributed by atoms with Crippen molar-refractivity contribution in [3.63, 3.8) is 0 Å². The Morgan fingerprint density at radius 2 is 1.93 bits per heavy atom. The molecule has 0 bridgehead atoms. The topological polar surface area (TPSA) is 50.4 Å². The molecule has 0 radical (unpaired) electrons. The molecule has 0 aliphatic heterocycles. The zero-order valence-corrected chi connectivity index (χ0v) is 17.8. The second-order valence-electron chi connectivity index (χ2n) is 7.10. The molecule has 0 spiro atoms. The van der Waals surface area contributed by atoms with Gasteiger partial charge in [-0.05, 0) is 74.3 Å². The van der Waals surface area contributed by atoms with Gasteiger partial charge in [-0.25, -0.2) is 4.79 Å². The Bertz CT molecular complexity index is 879. The third-order valence-electron chi connectivity index (χ3n) is 5.19. The minimum absolute atomic E-state index is 0.249. The summed E-state index contributed by atoms with van der Waals surface area (Å²) in [5.74, 6) is -0.318. The summed E-state index contributed by atoms with van der Waals surface area (Å²) in [6.45, 7) is 4.09. The van der Waals surface area contributed by atoms with Crippen LogP contribution in [-0.2, 0) is 10.3 Å². The molecule has 28 heavy (non-hydrogen) atoms. The molecule has 1 aliphatic rings. The molecule has 148 valence electrons. The van der Waals surface area contributed by atoms with Crippen LogP contribution in [0.3, 0.4) is 0 Å². The van der Waals surface area contributed by atoms with Crippen LogP contribution in [0.4, 0.5) is 5.69 Å². The maximum absolute atomic E-state index is 11.9. The van der Waals surface area contributed by atoms with Gasteiger partial charge in [-0.15, -0.1) is 0 Å². The average Bonchev–Trinajstić information content (AvgIpc) is 3.13. The van der Waals surface area contributed by atoms with Gasteiger partial charge in [0.05, 0.1) is 17.7 Å². The van der Waals surface area contributed by atoms with Crippen molar-refractivity contribution in [2.24, 2.45) is 0 Å². The lowest BCUT2D eigenvalue weighted by molar-refractivity contribution is 0.0526.